The lowest BCUT2D eigenvalue weighted by Crippen LogP contribution is -2.29. The molecule has 5 heteroatoms. The van der Waals surface area contributed by atoms with Crippen LogP contribution in [0.2, 0.25) is 0 Å². The van der Waals surface area contributed by atoms with Gasteiger partial charge < -0.3 is 5.32 Å². The average Bonchev–Trinajstić information content (AvgIpc) is 3.26. The van der Waals surface area contributed by atoms with Crippen LogP contribution in [0.5, 0.6) is 0 Å². The molecule has 24 heavy (non-hydrogen) atoms. The van der Waals surface area contributed by atoms with Crippen molar-refractivity contribution in [3.63, 3.8) is 0 Å². The third kappa shape index (κ3) is 4.52. The van der Waals surface area contributed by atoms with E-state index in [-0.39, 0.29) is 11.9 Å². The third-order valence-corrected chi connectivity index (χ3v) is 5.65. The number of carbonyl (C=O) groups excluding carboxylic acids is 1. The lowest BCUT2D eigenvalue weighted by atomic mass is 10.1. The van der Waals surface area contributed by atoms with Crippen molar-refractivity contribution < 1.29 is 4.79 Å². The number of benzene rings is 1. The monoisotopic (exact) mass is 356 g/mol. The Bertz CT molecular complexity index is 766. The molecule has 0 bridgehead atoms. The van der Waals surface area contributed by atoms with Crippen LogP contribution >= 0.6 is 22.7 Å². The van der Waals surface area contributed by atoms with E-state index in [0.29, 0.717) is 6.42 Å². The second-order valence-electron chi connectivity index (χ2n) is 5.62. The van der Waals surface area contributed by atoms with Gasteiger partial charge in [-0.15, -0.1) is 22.7 Å². The second kappa shape index (κ2) is 8.22. The number of thiophene rings is 1. The zero-order valence-electron chi connectivity index (χ0n) is 13.6. The number of amides is 1. The fourth-order valence-corrected chi connectivity index (χ4v) is 4.24. The molecule has 0 saturated heterocycles. The summed E-state index contributed by atoms with van der Waals surface area (Å²) in [6.07, 6.45) is 2.05. The third-order valence-electron chi connectivity index (χ3n) is 3.77. The van der Waals surface area contributed by atoms with Crippen LogP contribution in [0.1, 0.15) is 40.5 Å². The molecule has 3 nitrogen and oxygen atoms in total. The van der Waals surface area contributed by atoms with Gasteiger partial charge in [-0.25, -0.2) is 4.98 Å². The summed E-state index contributed by atoms with van der Waals surface area (Å²) in [6.45, 7) is 2.09. The molecule has 1 aromatic carbocycles. The normalized spacial score (nSPS) is 12.0. The zero-order valence-corrected chi connectivity index (χ0v) is 15.2. The Kier molecular flexibility index (Phi) is 5.77. The molecule has 0 aliphatic rings. The SMILES string of the molecule is CCC(NC(=O)Cc1csc(Cc2ccccc2)n1)c1cccs1. The van der Waals surface area contributed by atoms with Crippen molar-refractivity contribution in [2.24, 2.45) is 0 Å². The van der Waals surface area contributed by atoms with Crippen molar-refractivity contribution in [1.82, 2.24) is 10.3 Å². The Balaban J connectivity index is 1.57. The Hall–Kier alpha value is -1.98. The van der Waals surface area contributed by atoms with Crippen LogP contribution in [0, 0.1) is 0 Å². The van der Waals surface area contributed by atoms with Crippen molar-refractivity contribution in [1.29, 1.82) is 0 Å². The van der Waals surface area contributed by atoms with Crippen LogP contribution in [0.15, 0.2) is 53.2 Å². The molecule has 2 aromatic heterocycles. The largest absolute Gasteiger partial charge is 0.348 e. The molecule has 0 aliphatic carbocycles. The van der Waals surface area contributed by atoms with Crippen LogP contribution in [0.3, 0.4) is 0 Å². The predicted octanol–water partition coefficient (Wildman–Crippen LogP) is 4.61. The highest BCUT2D eigenvalue weighted by Gasteiger charge is 2.15. The molecule has 0 fully saturated rings. The van der Waals surface area contributed by atoms with Gasteiger partial charge in [0, 0.05) is 16.7 Å². The second-order valence-corrected chi connectivity index (χ2v) is 7.54. The summed E-state index contributed by atoms with van der Waals surface area (Å²) < 4.78 is 0. The zero-order chi connectivity index (χ0) is 16.8. The number of aromatic nitrogens is 1. The van der Waals surface area contributed by atoms with Crippen LogP contribution in [0.4, 0.5) is 0 Å². The van der Waals surface area contributed by atoms with E-state index in [1.807, 2.05) is 35.0 Å². The van der Waals surface area contributed by atoms with Gasteiger partial charge in [-0.3, -0.25) is 4.79 Å². The van der Waals surface area contributed by atoms with Crippen molar-refractivity contribution in [3.05, 3.63) is 74.4 Å². The van der Waals surface area contributed by atoms with Gasteiger partial charge in [0.05, 0.1) is 23.2 Å². The number of carbonyl (C=O) groups is 1. The van der Waals surface area contributed by atoms with E-state index in [1.165, 1.54) is 10.4 Å². The van der Waals surface area contributed by atoms with Crippen molar-refractivity contribution in [2.45, 2.75) is 32.2 Å². The summed E-state index contributed by atoms with van der Waals surface area (Å²) in [5.74, 6) is 0.0341. The molecule has 124 valence electrons. The molecule has 1 N–H and O–H groups in total. The summed E-state index contributed by atoms with van der Waals surface area (Å²) in [5, 5.41) is 8.20. The average molecular weight is 357 g/mol. The molecule has 3 aromatic rings. The Labute approximate surface area is 150 Å². The fraction of sp³-hybridized carbons (Fsp3) is 0.263. The van der Waals surface area contributed by atoms with Gasteiger partial charge in [-0.05, 0) is 23.4 Å². The van der Waals surface area contributed by atoms with Gasteiger partial charge in [0.25, 0.3) is 0 Å². The first-order chi connectivity index (χ1) is 11.7. The van der Waals surface area contributed by atoms with Crippen LogP contribution in [0.25, 0.3) is 0 Å². The first kappa shape index (κ1) is 16.9. The first-order valence-electron chi connectivity index (χ1n) is 8.04. The standard InChI is InChI=1S/C19H20N2OS2/c1-2-16(17-9-6-10-23-17)21-18(22)12-15-13-24-19(20-15)11-14-7-4-3-5-8-14/h3-10,13,16H,2,11-12H2,1H3,(H,21,22). The molecular formula is C19H20N2OS2. The van der Waals surface area contributed by atoms with Crippen LogP contribution in [-0.4, -0.2) is 10.9 Å². The summed E-state index contributed by atoms with van der Waals surface area (Å²) >= 11 is 3.30. The first-order valence-corrected chi connectivity index (χ1v) is 9.80. The molecule has 0 radical (unpaired) electrons. The van der Waals surface area contributed by atoms with Crippen molar-refractivity contribution >= 4 is 28.6 Å². The minimum absolute atomic E-state index is 0.0341. The van der Waals surface area contributed by atoms with E-state index in [2.05, 4.69) is 35.4 Å². The summed E-state index contributed by atoms with van der Waals surface area (Å²) in [7, 11) is 0. The number of nitrogens with zero attached hydrogens (tertiary/aromatic N) is 1. The minimum atomic E-state index is 0.0341. The molecule has 1 unspecified atom stereocenters. The van der Waals surface area contributed by atoms with Crippen molar-refractivity contribution in [2.75, 3.05) is 0 Å². The molecule has 0 aliphatic heterocycles. The summed E-state index contributed by atoms with van der Waals surface area (Å²) in [6, 6.07) is 14.5. The summed E-state index contributed by atoms with van der Waals surface area (Å²) in [5.41, 5.74) is 2.09. The van der Waals surface area contributed by atoms with Crippen molar-refractivity contribution in [3.8, 4) is 0 Å². The maximum atomic E-state index is 12.3. The van der Waals surface area contributed by atoms with Crippen LogP contribution < -0.4 is 5.32 Å². The maximum Gasteiger partial charge on any atom is 0.226 e. The van der Waals surface area contributed by atoms with E-state index in [4.69, 9.17) is 0 Å². The van der Waals surface area contributed by atoms with Gasteiger partial charge >= 0.3 is 0 Å². The smallest absolute Gasteiger partial charge is 0.226 e. The summed E-state index contributed by atoms with van der Waals surface area (Å²) in [4.78, 5) is 18.1. The fourth-order valence-electron chi connectivity index (χ4n) is 2.56. The Morgan fingerprint density at radius 2 is 2.00 bits per heavy atom. The van der Waals surface area contributed by atoms with E-state index >= 15 is 0 Å². The minimum Gasteiger partial charge on any atom is -0.348 e. The molecule has 1 amide bonds. The molecule has 2 heterocycles. The Morgan fingerprint density at radius 1 is 1.17 bits per heavy atom. The quantitative estimate of drug-likeness (QED) is 0.672. The maximum absolute atomic E-state index is 12.3. The van der Waals surface area contributed by atoms with Gasteiger partial charge in [0.15, 0.2) is 0 Å². The lowest BCUT2D eigenvalue weighted by molar-refractivity contribution is -0.121. The van der Waals surface area contributed by atoms with Gasteiger partial charge in [-0.2, -0.15) is 0 Å². The highest BCUT2D eigenvalue weighted by molar-refractivity contribution is 7.10. The number of hydrogen-bond donors (Lipinski definition) is 1. The highest BCUT2D eigenvalue weighted by atomic mass is 32.1. The highest BCUT2D eigenvalue weighted by Crippen LogP contribution is 2.22. The van der Waals surface area contributed by atoms with E-state index in [0.717, 1.165) is 23.5 Å². The number of nitrogens with one attached hydrogen (secondary N) is 1. The van der Waals surface area contributed by atoms with E-state index < -0.39 is 0 Å². The lowest BCUT2D eigenvalue weighted by Gasteiger charge is -2.14. The van der Waals surface area contributed by atoms with Gasteiger partial charge in [0.2, 0.25) is 5.91 Å². The van der Waals surface area contributed by atoms with E-state index in [1.54, 1.807) is 22.7 Å². The molecule has 1 atom stereocenters. The number of hydrogen-bond acceptors (Lipinski definition) is 4. The van der Waals surface area contributed by atoms with Crippen LogP contribution in [-0.2, 0) is 17.6 Å². The van der Waals surface area contributed by atoms with E-state index in [9.17, 15) is 4.79 Å². The number of rotatable bonds is 7. The Morgan fingerprint density at radius 3 is 2.71 bits per heavy atom. The number of thiazole rings is 1. The predicted molar refractivity (Wildman–Crippen MR) is 101 cm³/mol. The van der Waals surface area contributed by atoms with Gasteiger partial charge in [0.1, 0.15) is 0 Å². The van der Waals surface area contributed by atoms with Gasteiger partial charge in [-0.1, -0.05) is 43.3 Å². The molecule has 0 spiro atoms. The molecule has 3 rings (SSSR count). The topological polar surface area (TPSA) is 42.0 Å². The molecular weight excluding hydrogens is 336 g/mol. The molecule has 0 saturated carbocycles.